The van der Waals surface area contributed by atoms with Crippen LogP contribution in [0.1, 0.15) is 13.3 Å². The predicted molar refractivity (Wildman–Crippen MR) is 88.2 cm³/mol. The van der Waals surface area contributed by atoms with E-state index in [-0.39, 0.29) is 5.92 Å². The summed E-state index contributed by atoms with van der Waals surface area (Å²) in [6, 6.07) is 5.45. The molecule has 0 spiro atoms. The van der Waals surface area contributed by atoms with E-state index in [1.807, 2.05) is 30.0 Å². The van der Waals surface area contributed by atoms with E-state index in [9.17, 15) is 4.79 Å². The molecule has 1 fully saturated rings. The highest BCUT2D eigenvalue weighted by atomic mass is 35.5. The van der Waals surface area contributed by atoms with E-state index in [0.717, 1.165) is 5.69 Å². The summed E-state index contributed by atoms with van der Waals surface area (Å²) in [7, 11) is 1.64. The van der Waals surface area contributed by atoms with Crippen LogP contribution in [0.5, 0.6) is 5.75 Å². The maximum Gasteiger partial charge on any atom is 0.308 e. The van der Waals surface area contributed by atoms with Gasteiger partial charge in [0, 0.05) is 31.9 Å². The molecule has 0 bridgehead atoms. The quantitative estimate of drug-likeness (QED) is 0.683. The molecule has 1 unspecified atom stereocenters. The summed E-state index contributed by atoms with van der Waals surface area (Å²) in [5, 5.41) is 9.58. The van der Waals surface area contributed by atoms with Gasteiger partial charge in [-0.3, -0.25) is 9.79 Å². The summed E-state index contributed by atoms with van der Waals surface area (Å²) in [6.07, 6.45) is 4.23. The number of ether oxygens (including phenoxy) is 1. The van der Waals surface area contributed by atoms with E-state index in [1.165, 1.54) is 0 Å². The number of anilines is 1. The minimum absolute atomic E-state index is 0.323. The van der Waals surface area contributed by atoms with Crippen molar-refractivity contribution in [1.82, 2.24) is 0 Å². The number of rotatable bonds is 4. The lowest BCUT2D eigenvalue weighted by Crippen LogP contribution is -2.22. The number of nitrogens with zero attached hydrogens (tertiary/aromatic N) is 2. The fourth-order valence-electron chi connectivity index (χ4n) is 2.37. The molecule has 1 heterocycles. The maximum absolute atomic E-state index is 11.1. The Labute approximate surface area is 134 Å². The van der Waals surface area contributed by atoms with Gasteiger partial charge < -0.3 is 14.7 Å². The van der Waals surface area contributed by atoms with Crippen molar-refractivity contribution in [3.63, 3.8) is 0 Å². The van der Waals surface area contributed by atoms with Gasteiger partial charge >= 0.3 is 5.97 Å². The fourth-order valence-corrected chi connectivity index (χ4v) is 2.53. The van der Waals surface area contributed by atoms with Crippen molar-refractivity contribution in [1.29, 1.82) is 0 Å². The van der Waals surface area contributed by atoms with Crippen LogP contribution >= 0.6 is 11.6 Å². The number of hydrogen-bond donors (Lipinski definition) is 1. The average molecular weight is 323 g/mol. The van der Waals surface area contributed by atoms with Gasteiger partial charge in [0.2, 0.25) is 5.90 Å². The number of carboxylic acid groups (broad SMARTS) is 1. The molecule has 0 aliphatic carbocycles. The van der Waals surface area contributed by atoms with Crippen LogP contribution in [0, 0.1) is 5.92 Å². The van der Waals surface area contributed by atoms with Gasteiger partial charge in [-0.15, -0.1) is 0 Å². The van der Waals surface area contributed by atoms with Crippen LogP contribution in [0.25, 0.3) is 0 Å². The third-order valence-electron chi connectivity index (χ3n) is 3.56. The summed E-state index contributed by atoms with van der Waals surface area (Å²) in [5.41, 5.74) is 0.902. The van der Waals surface area contributed by atoms with Crippen LogP contribution < -0.4 is 9.64 Å². The van der Waals surface area contributed by atoms with E-state index >= 15 is 0 Å². The van der Waals surface area contributed by atoms with Crippen LogP contribution in [0.4, 0.5) is 5.69 Å². The molecule has 5 nitrogen and oxygen atoms in total. The molecule has 0 radical (unpaired) electrons. The van der Waals surface area contributed by atoms with Crippen molar-refractivity contribution < 1.29 is 14.6 Å². The molecule has 22 heavy (non-hydrogen) atoms. The summed E-state index contributed by atoms with van der Waals surface area (Å²) in [4.78, 5) is 17.1. The predicted octanol–water partition coefficient (Wildman–Crippen LogP) is 3.23. The zero-order valence-corrected chi connectivity index (χ0v) is 13.4. The minimum atomic E-state index is -0.749. The lowest BCUT2D eigenvalue weighted by Gasteiger charge is -2.19. The van der Waals surface area contributed by atoms with Gasteiger partial charge in [0.15, 0.2) is 0 Å². The Morgan fingerprint density at radius 1 is 1.55 bits per heavy atom. The van der Waals surface area contributed by atoms with Crippen LogP contribution in [0.2, 0.25) is 5.02 Å². The Morgan fingerprint density at radius 3 is 2.91 bits per heavy atom. The number of allylic oxidation sites excluding steroid dienone is 1. The highest BCUT2D eigenvalue weighted by Crippen LogP contribution is 2.32. The van der Waals surface area contributed by atoms with Gasteiger partial charge in [-0.1, -0.05) is 17.7 Å². The molecule has 1 saturated heterocycles. The molecule has 0 amide bonds. The zero-order valence-electron chi connectivity index (χ0n) is 12.6. The third-order valence-corrected chi connectivity index (χ3v) is 3.87. The van der Waals surface area contributed by atoms with Crippen molar-refractivity contribution >= 4 is 29.2 Å². The number of carbonyl (C=O) groups is 1. The van der Waals surface area contributed by atoms with Gasteiger partial charge in [0.25, 0.3) is 0 Å². The van der Waals surface area contributed by atoms with Crippen molar-refractivity contribution in [2.24, 2.45) is 10.9 Å². The molecule has 1 aliphatic heterocycles. The second kappa shape index (κ2) is 7.31. The molecule has 0 saturated carbocycles. The lowest BCUT2D eigenvalue weighted by atomic mass is 10.1. The Hall–Kier alpha value is -2.01. The normalized spacial score (nSPS) is 19.0. The molecule has 118 valence electrons. The van der Waals surface area contributed by atoms with Crippen molar-refractivity contribution in [3.8, 4) is 5.75 Å². The molecule has 0 aromatic heterocycles. The van der Waals surface area contributed by atoms with Gasteiger partial charge in [-0.05, 0) is 31.6 Å². The Morgan fingerprint density at radius 2 is 2.32 bits per heavy atom. The Balaban J connectivity index is 2.18. The second-order valence-electron chi connectivity index (χ2n) is 5.05. The summed E-state index contributed by atoms with van der Waals surface area (Å²) >= 11 is 6.17. The average Bonchev–Trinajstić information content (AvgIpc) is 2.99. The molecular formula is C16H19ClN2O3. The topological polar surface area (TPSA) is 62.1 Å². The van der Waals surface area contributed by atoms with Gasteiger partial charge in [0.05, 0.1) is 10.9 Å². The Bertz CT molecular complexity index is 613. The van der Waals surface area contributed by atoms with Gasteiger partial charge in [-0.2, -0.15) is 0 Å². The first-order valence-corrected chi connectivity index (χ1v) is 7.47. The first-order chi connectivity index (χ1) is 10.5. The monoisotopic (exact) mass is 322 g/mol. The van der Waals surface area contributed by atoms with Gasteiger partial charge in [0.1, 0.15) is 5.75 Å². The molecule has 6 heteroatoms. The smallest absolute Gasteiger partial charge is 0.308 e. The van der Waals surface area contributed by atoms with Crippen LogP contribution in [-0.2, 0) is 4.79 Å². The summed E-state index contributed by atoms with van der Waals surface area (Å²) in [6.45, 7) is 3.09. The molecule has 1 N–H and O–H groups in total. The maximum atomic E-state index is 11.1. The highest BCUT2D eigenvalue weighted by molar-refractivity contribution is 6.32. The first-order valence-electron chi connectivity index (χ1n) is 7.09. The van der Waals surface area contributed by atoms with E-state index < -0.39 is 5.97 Å². The fraction of sp³-hybridized carbons (Fsp3) is 0.375. The van der Waals surface area contributed by atoms with Crippen LogP contribution in [-0.4, -0.2) is 37.1 Å². The molecule has 2 rings (SSSR count). The lowest BCUT2D eigenvalue weighted by molar-refractivity contribution is -0.140. The van der Waals surface area contributed by atoms with Crippen molar-refractivity contribution in [2.45, 2.75) is 13.3 Å². The first kappa shape index (κ1) is 16.4. The highest BCUT2D eigenvalue weighted by Gasteiger charge is 2.28. The second-order valence-corrected chi connectivity index (χ2v) is 5.46. The number of aliphatic carboxylic acids is 1. The van der Waals surface area contributed by atoms with E-state index in [1.54, 1.807) is 19.2 Å². The number of benzene rings is 1. The molecule has 1 aromatic carbocycles. The largest absolute Gasteiger partial charge is 0.481 e. The van der Waals surface area contributed by atoms with E-state index in [0.29, 0.717) is 36.2 Å². The molecule has 1 aliphatic rings. The molecular weight excluding hydrogens is 304 g/mol. The number of carboxylic acids is 1. The van der Waals surface area contributed by atoms with Crippen LogP contribution in [0.15, 0.2) is 35.3 Å². The SMILES string of the molecule is C/C=C\C(=NC)Oc1cc(N2CCC(C(=O)O)C2)ccc1Cl. The Kier molecular flexibility index (Phi) is 5.44. The number of aliphatic imine (C=N–C) groups is 1. The zero-order chi connectivity index (χ0) is 16.1. The van der Waals surface area contributed by atoms with Gasteiger partial charge in [-0.25, -0.2) is 0 Å². The number of hydrogen-bond acceptors (Lipinski definition) is 4. The number of halogens is 1. The van der Waals surface area contributed by atoms with E-state index in [4.69, 9.17) is 21.4 Å². The summed E-state index contributed by atoms with van der Waals surface area (Å²) in [5.74, 6) is -0.0970. The van der Waals surface area contributed by atoms with E-state index in [2.05, 4.69) is 4.99 Å². The minimum Gasteiger partial charge on any atom is -0.481 e. The van der Waals surface area contributed by atoms with Crippen molar-refractivity contribution in [3.05, 3.63) is 35.4 Å². The van der Waals surface area contributed by atoms with Crippen molar-refractivity contribution in [2.75, 3.05) is 25.0 Å². The standard InChI is InChI=1S/C16H19ClN2O3/c1-3-4-15(18-2)22-14-9-12(5-6-13(14)17)19-8-7-11(10-19)16(20)21/h3-6,9,11H,7-8,10H2,1-2H3,(H,20,21)/b4-3-,18-15?. The molecule has 1 aromatic rings. The summed E-state index contributed by atoms with van der Waals surface area (Å²) < 4.78 is 5.70. The third kappa shape index (κ3) is 3.80. The molecule has 1 atom stereocenters. The van der Waals surface area contributed by atoms with Crippen LogP contribution in [0.3, 0.4) is 0 Å².